The lowest BCUT2D eigenvalue weighted by atomic mass is 10.2. The summed E-state index contributed by atoms with van der Waals surface area (Å²) in [6, 6.07) is 12.5. The highest BCUT2D eigenvalue weighted by Crippen LogP contribution is 2.27. The summed E-state index contributed by atoms with van der Waals surface area (Å²) in [6.45, 7) is 2.63. The first-order chi connectivity index (χ1) is 14.0. The minimum atomic E-state index is -0.334. The zero-order valence-electron chi connectivity index (χ0n) is 16.5. The minimum absolute atomic E-state index is 0.0475. The van der Waals surface area contributed by atoms with Crippen LogP contribution >= 0.6 is 11.6 Å². The number of benzene rings is 2. The van der Waals surface area contributed by atoms with Gasteiger partial charge in [0.2, 0.25) is 5.91 Å². The molecule has 7 nitrogen and oxygen atoms in total. The summed E-state index contributed by atoms with van der Waals surface area (Å²) < 4.78 is 10.4. The van der Waals surface area contributed by atoms with Gasteiger partial charge in [-0.15, -0.1) is 0 Å². The van der Waals surface area contributed by atoms with Crippen LogP contribution in [0.5, 0.6) is 11.5 Å². The van der Waals surface area contributed by atoms with E-state index < -0.39 is 0 Å². The van der Waals surface area contributed by atoms with Gasteiger partial charge >= 0.3 is 0 Å². The van der Waals surface area contributed by atoms with E-state index in [9.17, 15) is 9.59 Å². The normalized spacial score (nSPS) is 13.8. The van der Waals surface area contributed by atoms with Crippen LogP contribution in [0.15, 0.2) is 42.5 Å². The summed E-state index contributed by atoms with van der Waals surface area (Å²) in [5, 5.41) is 3.38. The van der Waals surface area contributed by atoms with E-state index in [0.717, 1.165) is 18.8 Å². The Kier molecular flexibility index (Phi) is 6.82. The molecule has 1 heterocycles. The molecule has 1 aliphatic heterocycles. The van der Waals surface area contributed by atoms with Crippen LogP contribution in [0.2, 0.25) is 5.02 Å². The van der Waals surface area contributed by atoms with Crippen molar-refractivity contribution in [3.05, 3.63) is 53.1 Å². The van der Waals surface area contributed by atoms with Crippen LogP contribution < -0.4 is 19.7 Å². The van der Waals surface area contributed by atoms with Crippen LogP contribution in [-0.4, -0.2) is 63.7 Å². The number of hydrogen-bond acceptors (Lipinski definition) is 5. The number of halogens is 1. The van der Waals surface area contributed by atoms with Crippen molar-refractivity contribution in [1.29, 1.82) is 0 Å². The number of rotatable bonds is 6. The standard InChI is InChI=1S/C21H24ClN3O4/c1-28-18-8-3-15(13-19(18)29-2)21(27)23-14-20(26)25-11-9-24(10-12-25)17-6-4-16(22)5-7-17/h3-8,13H,9-12,14H2,1-2H3,(H,23,27). The predicted molar refractivity (Wildman–Crippen MR) is 112 cm³/mol. The first-order valence-corrected chi connectivity index (χ1v) is 9.68. The number of piperazine rings is 1. The van der Waals surface area contributed by atoms with Gasteiger partial charge in [0, 0.05) is 42.5 Å². The Morgan fingerprint density at radius 1 is 0.966 bits per heavy atom. The van der Waals surface area contributed by atoms with Gasteiger partial charge in [-0.1, -0.05) is 11.6 Å². The second kappa shape index (κ2) is 9.52. The first kappa shape index (κ1) is 20.8. The van der Waals surface area contributed by atoms with Crippen molar-refractivity contribution in [3.8, 4) is 11.5 Å². The number of hydrogen-bond donors (Lipinski definition) is 1. The summed E-state index contributed by atoms with van der Waals surface area (Å²) in [5.41, 5.74) is 1.49. The fourth-order valence-corrected chi connectivity index (χ4v) is 3.34. The first-order valence-electron chi connectivity index (χ1n) is 9.30. The number of carbonyl (C=O) groups excluding carboxylic acids is 2. The molecule has 2 aromatic rings. The van der Waals surface area contributed by atoms with Crippen LogP contribution in [0.4, 0.5) is 5.69 Å². The second-order valence-corrected chi connectivity index (χ2v) is 7.03. The van der Waals surface area contributed by atoms with Crippen LogP contribution in [0, 0.1) is 0 Å². The third-order valence-electron chi connectivity index (χ3n) is 4.87. The highest BCUT2D eigenvalue weighted by Gasteiger charge is 2.22. The van der Waals surface area contributed by atoms with Gasteiger partial charge in [-0.05, 0) is 42.5 Å². The van der Waals surface area contributed by atoms with Crippen LogP contribution in [-0.2, 0) is 4.79 Å². The third-order valence-corrected chi connectivity index (χ3v) is 5.12. The minimum Gasteiger partial charge on any atom is -0.493 e. The zero-order valence-corrected chi connectivity index (χ0v) is 17.2. The quantitative estimate of drug-likeness (QED) is 0.781. The number of ether oxygens (including phenoxy) is 2. The number of nitrogens with zero attached hydrogens (tertiary/aromatic N) is 2. The summed E-state index contributed by atoms with van der Waals surface area (Å²) in [4.78, 5) is 28.8. The van der Waals surface area contributed by atoms with Crippen molar-refractivity contribution in [2.75, 3.05) is 51.8 Å². The molecule has 1 fully saturated rings. The Morgan fingerprint density at radius 3 is 2.24 bits per heavy atom. The lowest BCUT2D eigenvalue weighted by Crippen LogP contribution is -2.51. The highest BCUT2D eigenvalue weighted by atomic mass is 35.5. The van der Waals surface area contributed by atoms with E-state index in [-0.39, 0.29) is 18.4 Å². The number of carbonyl (C=O) groups is 2. The van der Waals surface area contributed by atoms with Crippen molar-refractivity contribution in [2.24, 2.45) is 0 Å². The van der Waals surface area contributed by atoms with Crippen molar-refractivity contribution >= 4 is 29.1 Å². The summed E-state index contributed by atoms with van der Waals surface area (Å²) in [7, 11) is 3.04. The number of amides is 2. The van der Waals surface area contributed by atoms with Crippen molar-refractivity contribution < 1.29 is 19.1 Å². The lowest BCUT2D eigenvalue weighted by molar-refractivity contribution is -0.130. The zero-order chi connectivity index (χ0) is 20.8. The molecular formula is C21H24ClN3O4. The van der Waals surface area contributed by atoms with Gasteiger partial charge in [-0.2, -0.15) is 0 Å². The Balaban J connectivity index is 1.50. The lowest BCUT2D eigenvalue weighted by Gasteiger charge is -2.36. The van der Waals surface area contributed by atoms with E-state index in [1.807, 2.05) is 24.3 Å². The average Bonchev–Trinajstić information content (AvgIpc) is 2.77. The maximum atomic E-state index is 12.5. The van der Waals surface area contributed by atoms with Gasteiger partial charge in [0.05, 0.1) is 20.8 Å². The molecule has 1 N–H and O–H groups in total. The molecule has 0 spiro atoms. The summed E-state index contributed by atoms with van der Waals surface area (Å²) in [5.74, 6) is 0.567. The molecular weight excluding hydrogens is 394 g/mol. The SMILES string of the molecule is COc1ccc(C(=O)NCC(=O)N2CCN(c3ccc(Cl)cc3)CC2)cc1OC. The molecule has 2 amide bonds. The maximum absolute atomic E-state index is 12.5. The summed E-state index contributed by atoms with van der Waals surface area (Å²) >= 11 is 5.93. The van der Waals surface area contributed by atoms with E-state index in [1.165, 1.54) is 14.2 Å². The van der Waals surface area contributed by atoms with Gasteiger partial charge in [0.25, 0.3) is 5.91 Å². The van der Waals surface area contributed by atoms with Crippen molar-refractivity contribution in [3.63, 3.8) is 0 Å². The van der Waals surface area contributed by atoms with E-state index in [1.54, 1.807) is 23.1 Å². The van der Waals surface area contributed by atoms with E-state index in [4.69, 9.17) is 21.1 Å². The molecule has 0 atom stereocenters. The smallest absolute Gasteiger partial charge is 0.251 e. The van der Waals surface area contributed by atoms with Crippen LogP contribution in [0.25, 0.3) is 0 Å². The molecule has 3 rings (SSSR count). The number of nitrogens with one attached hydrogen (secondary N) is 1. The molecule has 0 aliphatic carbocycles. The molecule has 0 unspecified atom stereocenters. The average molecular weight is 418 g/mol. The molecule has 154 valence electrons. The molecule has 8 heteroatoms. The molecule has 2 aromatic carbocycles. The molecule has 0 bridgehead atoms. The van der Waals surface area contributed by atoms with Gasteiger partial charge < -0.3 is 24.6 Å². The van der Waals surface area contributed by atoms with E-state index in [2.05, 4.69) is 10.2 Å². The fourth-order valence-electron chi connectivity index (χ4n) is 3.21. The Morgan fingerprint density at radius 2 is 1.62 bits per heavy atom. The number of methoxy groups -OCH3 is 2. The Labute approximate surface area is 175 Å². The second-order valence-electron chi connectivity index (χ2n) is 6.60. The Hall–Kier alpha value is -2.93. The topological polar surface area (TPSA) is 71.1 Å². The fraction of sp³-hybridized carbons (Fsp3) is 0.333. The van der Waals surface area contributed by atoms with Gasteiger partial charge in [-0.25, -0.2) is 0 Å². The largest absolute Gasteiger partial charge is 0.493 e. The third kappa shape index (κ3) is 5.12. The van der Waals surface area contributed by atoms with E-state index in [0.29, 0.717) is 35.2 Å². The van der Waals surface area contributed by atoms with Crippen molar-refractivity contribution in [1.82, 2.24) is 10.2 Å². The Bertz CT molecular complexity index is 865. The molecule has 1 saturated heterocycles. The highest BCUT2D eigenvalue weighted by molar-refractivity contribution is 6.30. The molecule has 0 saturated carbocycles. The molecule has 0 aromatic heterocycles. The number of anilines is 1. The molecule has 29 heavy (non-hydrogen) atoms. The molecule has 0 radical (unpaired) electrons. The van der Waals surface area contributed by atoms with Crippen molar-refractivity contribution in [2.45, 2.75) is 0 Å². The van der Waals surface area contributed by atoms with E-state index >= 15 is 0 Å². The van der Waals surface area contributed by atoms with Gasteiger partial charge in [0.1, 0.15) is 0 Å². The van der Waals surface area contributed by atoms with Gasteiger partial charge in [0.15, 0.2) is 11.5 Å². The van der Waals surface area contributed by atoms with Gasteiger partial charge in [-0.3, -0.25) is 9.59 Å². The predicted octanol–water partition coefficient (Wildman–Crippen LogP) is 2.44. The maximum Gasteiger partial charge on any atom is 0.251 e. The van der Waals surface area contributed by atoms with Crippen LogP contribution in [0.3, 0.4) is 0 Å². The molecule has 1 aliphatic rings. The summed E-state index contributed by atoms with van der Waals surface area (Å²) in [6.07, 6.45) is 0. The monoisotopic (exact) mass is 417 g/mol. The van der Waals surface area contributed by atoms with Crippen LogP contribution in [0.1, 0.15) is 10.4 Å².